The van der Waals surface area contributed by atoms with Crippen molar-refractivity contribution in [2.24, 2.45) is 0 Å². The van der Waals surface area contributed by atoms with Gasteiger partial charge in [-0.2, -0.15) is 26.3 Å². The number of hydrogen-bond acceptors (Lipinski definition) is 1. The summed E-state index contributed by atoms with van der Waals surface area (Å²) in [4.78, 5) is 12.2. The summed E-state index contributed by atoms with van der Waals surface area (Å²) in [6, 6.07) is 9.15. The lowest BCUT2D eigenvalue weighted by Crippen LogP contribution is -2.30. The van der Waals surface area contributed by atoms with Gasteiger partial charge in [0.25, 0.3) is 0 Å². The molecule has 0 fully saturated rings. The topological polar surface area (TPSA) is 17.1 Å². The van der Waals surface area contributed by atoms with Gasteiger partial charge in [-0.1, -0.05) is 48.0 Å². The molecule has 2 aromatic carbocycles. The first-order valence-corrected chi connectivity index (χ1v) is 7.30. The fourth-order valence-corrected chi connectivity index (χ4v) is 2.46. The van der Waals surface area contributed by atoms with Gasteiger partial charge in [0.05, 0.1) is 5.56 Å². The van der Waals surface area contributed by atoms with Crippen LogP contribution in [0.5, 0.6) is 0 Å². The molecule has 0 aliphatic heterocycles. The summed E-state index contributed by atoms with van der Waals surface area (Å²) in [5.74, 6) is -3.80. The molecule has 1 unspecified atom stereocenters. The Bertz CT molecular complexity index is 743. The van der Waals surface area contributed by atoms with Crippen LogP contribution in [-0.4, -0.2) is 12.0 Å². The molecule has 0 aliphatic carbocycles. The van der Waals surface area contributed by atoms with E-state index in [0.717, 1.165) is 17.7 Å². The van der Waals surface area contributed by atoms with Crippen LogP contribution >= 0.6 is 0 Å². The third kappa shape index (κ3) is 4.84. The second-order valence-electron chi connectivity index (χ2n) is 5.73. The molecular formula is C18H14F6O. The Balaban J connectivity index is 2.37. The summed E-state index contributed by atoms with van der Waals surface area (Å²) in [5.41, 5.74) is -0.680. The van der Waals surface area contributed by atoms with E-state index < -0.39 is 41.6 Å². The zero-order chi connectivity index (χ0) is 18.8. The Labute approximate surface area is 140 Å². The summed E-state index contributed by atoms with van der Waals surface area (Å²) >= 11 is 0. The zero-order valence-corrected chi connectivity index (χ0v) is 13.1. The highest BCUT2D eigenvalue weighted by atomic mass is 19.4. The van der Waals surface area contributed by atoms with Crippen LogP contribution in [0.1, 0.15) is 28.2 Å². The van der Waals surface area contributed by atoms with Crippen molar-refractivity contribution in [1.82, 2.24) is 0 Å². The zero-order valence-electron chi connectivity index (χ0n) is 13.1. The Morgan fingerprint density at radius 1 is 0.960 bits per heavy atom. The molecule has 7 heteroatoms. The van der Waals surface area contributed by atoms with E-state index in [4.69, 9.17) is 0 Å². The van der Waals surface area contributed by atoms with Crippen molar-refractivity contribution < 1.29 is 31.1 Å². The highest BCUT2D eigenvalue weighted by molar-refractivity contribution is 5.88. The molecule has 0 heterocycles. The predicted octanol–water partition coefficient (Wildman–Crippen LogP) is 5.47. The first kappa shape index (κ1) is 19.0. The van der Waals surface area contributed by atoms with Crippen molar-refractivity contribution in [3.8, 4) is 0 Å². The van der Waals surface area contributed by atoms with Crippen LogP contribution in [0.4, 0.5) is 26.3 Å². The highest BCUT2D eigenvalue weighted by Gasteiger charge is 2.46. The maximum absolute atomic E-state index is 13.3. The number of benzene rings is 2. The van der Waals surface area contributed by atoms with Gasteiger partial charge in [0.2, 0.25) is 0 Å². The van der Waals surface area contributed by atoms with Crippen molar-refractivity contribution in [1.29, 1.82) is 0 Å². The lowest BCUT2D eigenvalue weighted by Gasteiger charge is -2.21. The van der Waals surface area contributed by atoms with Crippen molar-refractivity contribution in [2.75, 3.05) is 0 Å². The van der Waals surface area contributed by atoms with Gasteiger partial charge < -0.3 is 0 Å². The number of aryl methyl sites for hydroxylation is 1. The van der Waals surface area contributed by atoms with Crippen molar-refractivity contribution in [3.63, 3.8) is 0 Å². The average molecular weight is 360 g/mol. The van der Waals surface area contributed by atoms with E-state index in [9.17, 15) is 31.1 Å². The number of Topliss-reactive ketones (excluding diaryl/α,β-unsaturated/α-hetero) is 1. The summed E-state index contributed by atoms with van der Waals surface area (Å²) in [5, 5.41) is 0. The maximum atomic E-state index is 13.3. The SMILES string of the molecule is Cc1ccc(CC(=O)C(c2cccc(C(F)(F)F)c2)C(F)(F)F)cc1. The number of ketones is 1. The van der Waals surface area contributed by atoms with E-state index in [-0.39, 0.29) is 0 Å². The van der Waals surface area contributed by atoms with Gasteiger partial charge in [0, 0.05) is 6.42 Å². The Hall–Kier alpha value is -2.31. The Kier molecular flexibility index (Phi) is 5.25. The lowest BCUT2D eigenvalue weighted by molar-refractivity contribution is -0.163. The molecule has 0 radical (unpaired) electrons. The lowest BCUT2D eigenvalue weighted by atomic mass is 9.89. The normalized spacial score (nSPS) is 13.6. The van der Waals surface area contributed by atoms with Crippen molar-refractivity contribution >= 4 is 5.78 Å². The predicted molar refractivity (Wildman–Crippen MR) is 80.1 cm³/mol. The van der Waals surface area contributed by atoms with E-state index in [1.165, 1.54) is 12.1 Å². The van der Waals surface area contributed by atoms with Gasteiger partial charge in [-0.15, -0.1) is 0 Å². The molecule has 1 atom stereocenters. The largest absolute Gasteiger partial charge is 0.416 e. The molecule has 25 heavy (non-hydrogen) atoms. The fraction of sp³-hybridized carbons (Fsp3) is 0.278. The van der Waals surface area contributed by atoms with Gasteiger partial charge in [0.1, 0.15) is 5.92 Å². The van der Waals surface area contributed by atoms with E-state index >= 15 is 0 Å². The highest BCUT2D eigenvalue weighted by Crippen LogP contribution is 2.38. The monoisotopic (exact) mass is 360 g/mol. The van der Waals surface area contributed by atoms with Crippen LogP contribution in [0.2, 0.25) is 0 Å². The second kappa shape index (κ2) is 6.90. The van der Waals surface area contributed by atoms with Crippen LogP contribution in [-0.2, 0) is 17.4 Å². The fourth-order valence-electron chi connectivity index (χ4n) is 2.46. The van der Waals surface area contributed by atoms with E-state index in [1.807, 2.05) is 0 Å². The van der Waals surface area contributed by atoms with Gasteiger partial charge >= 0.3 is 12.4 Å². The standard InChI is InChI=1S/C18H14F6O/c1-11-5-7-12(8-6-11)9-15(25)16(18(22,23)24)13-3-2-4-14(10-13)17(19,20)21/h2-8,10,16H,9H2,1H3. The maximum Gasteiger partial charge on any atom is 0.416 e. The third-order valence-electron chi connectivity index (χ3n) is 3.70. The molecule has 1 nitrogen and oxygen atoms in total. The van der Waals surface area contributed by atoms with Crippen molar-refractivity contribution in [3.05, 3.63) is 70.8 Å². The summed E-state index contributed by atoms with van der Waals surface area (Å²) in [6.45, 7) is 1.78. The number of hydrogen-bond donors (Lipinski definition) is 0. The second-order valence-corrected chi connectivity index (χ2v) is 5.73. The van der Waals surface area contributed by atoms with E-state index in [2.05, 4.69) is 0 Å². The first-order valence-electron chi connectivity index (χ1n) is 7.30. The van der Waals surface area contributed by atoms with Gasteiger partial charge in [0.15, 0.2) is 5.78 Å². The van der Waals surface area contributed by atoms with E-state index in [0.29, 0.717) is 17.7 Å². The molecule has 134 valence electrons. The van der Waals surface area contributed by atoms with Crippen LogP contribution in [0.15, 0.2) is 48.5 Å². The summed E-state index contributed by atoms with van der Waals surface area (Å²) < 4.78 is 78.3. The number of halogens is 6. The molecule has 0 spiro atoms. The van der Waals surface area contributed by atoms with Crippen LogP contribution < -0.4 is 0 Å². The number of carbonyl (C=O) groups is 1. The smallest absolute Gasteiger partial charge is 0.298 e. The molecule has 0 saturated carbocycles. The van der Waals surface area contributed by atoms with E-state index in [1.54, 1.807) is 19.1 Å². The quantitative estimate of drug-likeness (QED) is 0.661. The van der Waals surface area contributed by atoms with Gasteiger partial charge in [-0.3, -0.25) is 4.79 Å². The number of rotatable bonds is 4. The van der Waals surface area contributed by atoms with Crippen LogP contribution in [0.25, 0.3) is 0 Å². The minimum Gasteiger partial charge on any atom is -0.298 e. The number of alkyl halides is 6. The van der Waals surface area contributed by atoms with Crippen LogP contribution in [0.3, 0.4) is 0 Å². The van der Waals surface area contributed by atoms with Crippen LogP contribution in [0, 0.1) is 6.92 Å². The molecular weight excluding hydrogens is 346 g/mol. The summed E-state index contributed by atoms with van der Waals surface area (Å²) in [6.07, 6.45) is -10.3. The molecule has 0 aromatic heterocycles. The molecule has 0 bridgehead atoms. The molecule has 0 aliphatic rings. The number of carbonyl (C=O) groups excluding carboxylic acids is 1. The minimum absolute atomic E-state index is 0.372. The molecule has 0 N–H and O–H groups in total. The van der Waals surface area contributed by atoms with Gasteiger partial charge in [-0.25, -0.2) is 0 Å². The Morgan fingerprint density at radius 2 is 1.56 bits per heavy atom. The molecule has 0 saturated heterocycles. The molecule has 0 amide bonds. The van der Waals surface area contributed by atoms with Crippen molar-refractivity contribution in [2.45, 2.75) is 31.6 Å². The average Bonchev–Trinajstić information content (AvgIpc) is 2.48. The van der Waals surface area contributed by atoms with Gasteiger partial charge in [-0.05, 0) is 24.1 Å². The molecule has 2 aromatic rings. The third-order valence-corrected chi connectivity index (χ3v) is 3.70. The Morgan fingerprint density at radius 3 is 2.08 bits per heavy atom. The summed E-state index contributed by atoms with van der Waals surface area (Å²) in [7, 11) is 0. The first-order chi connectivity index (χ1) is 11.5. The molecule has 2 rings (SSSR count). The minimum atomic E-state index is -4.98.